The number of nitrogens with zero attached hydrogens (tertiary/aromatic N) is 2. The number of ether oxygens (including phenoxy) is 2. The highest BCUT2D eigenvalue weighted by atomic mass is 35.5. The Balaban J connectivity index is 1.22. The lowest BCUT2D eigenvalue weighted by Crippen LogP contribution is -2.56. The van der Waals surface area contributed by atoms with E-state index in [-0.39, 0.29) is 36.9 Å². The predicted octanol–water partition coefficient (Wildman–Crippen LogP) is 8.70. The molecule has 1 aliphatic carbocycles. The Morgan fingerprint density at radius 2 is 1.74 bits per heavy atom. The summed E-state index contributed by atoms with van der Waals surface area (Å²) >= 11 is 7.34. The summed E-state index contributed by atoms with van der Waals surface area (Å²) in [5, 5.41) is 0.614. The molecule has 47 heavy (non-hydrogen) atoms. The Morgan fingerprint density at radius 3 is 2.43 bits per heavy atom. The number of hydrogen-bond donors (Lipinski definition) is 0. The van der Waals surface area contributed by atoms with Gasteiger partial charge < -0.3 is 9.47 Å². The maximum Gasteiger partial charge on any atom is 0.475 e. The van der Waals surface area contributed by atoms with Crippen molar-refractivity contribution in [1.29, 1.82) is 0 Å². The van der Waals surface area contributed by atoms with E-state index in [0.717, 1.165) is 10.4 Å². The SMILES string of the molecule is CCOP(=O)(OCc1ccccc1)OC1(COc2ccc(-n3cnc4cc(-c5ccc(Cl)cc5)sc4c3=O)cc2OC)CC(F)(F)C1. The zero-order valence-electron chi connectivity index (χ0n) is 25.4. The van der Waals surface area contributed by atoms with E-state index in [2.05, 4.69) is 4.98 Å². The first-order chi connectivity index (χ1) is 22.5. The van der Waals surface area contributed by atoms with Gasteiger partial charge >= 0.3 is 7.82 Å². The second kappa shape index (κ2) is 13.5. The molecule has 246 valence electrons. The summed E-state index contributed by atoms with van der Waals surface area (Å²) < 4.78 is 72.0. The smallest absolute Gasteiger partial charge is 0.475 e. The highest BCUT2D eigenvalue weighted by Gasteiger charge is 2.61. The topological polar surface area (TPSA) is 98.1 Å². The summed E-state index contributed by atoms with van der Waals surface area (Å²) in [6.07, 6.45) is -0.0591. The van der Waals surface area contributed by atoms with Gasteiger partial charge in [-0.3, -0.25) is 22.9 Å². The van der Waals surface area contributed by atoms with Crippen molar-refractivity contribution in [1.82, 2.24) is 9.55 Å². The van der Waals surface area contributed by atoms with E-state index in [0.29, 0.717) is 26.5 Å². The van der Waals surface area contributed by atoms with Crippen molar-refractivity contribution >= 4 is 41.0 Å². The van der Waals surface area contributed by atoms with Gasteiger partial charge in [0.1, 0.15) is 23.2 Å². The van der Waals surface area contributed by atoms with Gasteiger partial charge in [0.05, 0.1) is 31.5 Å². The van der Waals surface area contributed by atoms with Gasteiger partial charge in [-0.25, -0.2) is 18.3 Å². The van der Waals surface area contributed by atoms with E-state index in [1.807, 2.05) is 24.3 Å². The molecular weight excluding hydrogens is 673 g/mol. The van der Waals surface area contributed by atoms with Gasteiger partial charge in [0.2, 0.25) is 0 Å². The second-order valence-electron chi connectivity index (χ2n) is 11.0. The summed E-state index contributed by atoms with van der Waals surface area (Å²) in [7, 11) is -2.84. The van der Waals surface area contributed by atoms with Crippen LogP contribution in [0.3, 0.4) is 0 Å². The number of halogens is 3. The molecule has 0 saturated heterocycles. The van der Waals surface area contributed by atoms with E-state index >= 15 is 0 Å². The summed E-state index contributed by atoms with van der Waals surface area (Å²) in [5.74, 6) is -2.61. The van der Waals surface area contributed by atoms with Crippen LogP contribution in [0.2, 0.25) is 5.02 Å². The summed E-state index contributed by atoms with van der Waals surface area (Å²) in [6, 6.07) is 22.9. The van der Waals surface area contributed by atoms with Gasteiger partial charge in [0.15, 0.2) is 11.5 Å². The molecular formula is C33H30ClF2N2O7PS. The third-order valence-electron chi connectivity index (χ3n) is 7.47. The number of alkyl halides is 2. The van der Waals surface area contributed by atoms with Crippen LogP contribution in [0.4, 0.5) is 8.78 Å². The molecule has 0 bridgehead atoms. The number of rotatable bonds is 13. The number of hydrogen-bond acceptors (Lipinski definition) is 9. The lowest BCUT2D eigenvalue weighted by molar-refractivity contribution is -0.210. The minimum absolute atomic E-state index is 0.0252. The molecule has 1 atom stereocenters. The van der Waals surface area contributed by atoms with E-state index in [1.165, 1.54) is 29.3 Å². The highest BCUT2D eigenvalue weighted by molar-refractivity contribution is 7.48. The van der Waals surface area contributed by atoms with E-state index in [1.54, 1.807) is 61.5 Å². The van der Waals surface area contributed by atoms with Crippen molar-refractivity contribution in [3.05, 3.63) is 106 Å². The fraction of sp³-hybridized carbons (Fsp3) is 0.273. The summed E-state index contributed by atoms with van der Waals surface area (Å²) in [6.45, 7) is 1.08. The first-order valence-electron chi connectivity index (χ1n) is 14.6. The molecule has 0 radical (unpaired) electrons. The molecule has 0 amide bonds. The van der Waals surface area contributed by atoms with Gasteiger partial charge in [-0.1, -0.05) is 54.1 Å². The molecule has 14 heteroatoms. The Morgan fingerprint density at radius 1 is 1.00 bits per heavy atom. The van der Waals surface area contributed by atoms with Gasteiger partial charge in [0.25, 0.3) is 11.5 Å². The van der Waals surface area contributed by atoms with Crippen LogP contribution in [0, 0.1) is 0 Å². The van der Waals surface area contributed by atoms with E-state index < -0.39 is 32.2 Å². The number of benzene rings is 3. The third-order valence-corrected chi connectivity index (χ3v) is 10.5. The largest absolute Gasteiger partial charge is 0.493 e. The van der Waals surface area contributed by atoms with Gasteiger partial charge in [0, 0.05) is 28.8 Å². The van der Waals surface area contributed by atoms with Crippen molar-refractivity contribution in [3.63, 3.8) is 0 Å². The van der Waals surface area contributed by atoms with Gasteiger partial charge in [-0.15, -0.1) is 11.3 Å². The highest BCUT2D eigenvalue weighted by Crippen LogP contribution is 2.60. The van der Waals surface area contributed by atoms with E-state index in [9.17, 15) is 18.1 Å². The average molecular weight is 703 g/mol. The minimum atomic E-state index is -4.26. The fourth-order valence-electron chi connectivity index (χ4n) is 5.28. The number of methoxy groups -OCH3 is 1. The van der Waals surface area contributed by atoms with Crippen LogP contribution in [-0.2, 0) is 24.7 Å². The van der Waals surface area contributed by atoms with Crippen LogP contribution >= 0.6 is 30.8 Å². The van der Waals surface area contributed by atoms with Gasteiger partial charge in [-0.05, 0) is 48.4 Å². The Hall–Kier alpha value is -3.64. The van der Waals surface area contributed by atoms with Crippen LogP contribution in [0.5, 0.6) is 11.5 Å². The van der Waals surface area contributed by atoms with Crippen LogP contribution < -0.4 is 15.0 Å². The molecule has 1 unspecified atom stereocenters. The normalized spacial score (nSPS) is 16.4. The molecule has 0 N–H and O–H groups in total. The molecule has 0 aliphatic heterocycles. The zero-order valence-corrected chi connectivity index (χ0v) is 27.8. The van der Waals surface area contributed by atoms with Crippen LogP contribution in [0.1, 0.15) is 25.3 Å². The molecule has 2 heterocycles. The number of thiophene rings is 1. The lowest BCUT2D eigenvalue weighted by Gasteiger charge is -2.46. The summed E-state index contributed by atoms with van der Waals surface area (Å²) in [5.41, 5.74) is 0.709. The van der Waals surface area contributed by atoms with Crippen molar-refractivity contribution in [2.75, 3.05) is 20.3 Å². The predicted molar refractivity (Wildman–Crippen MR) is 176 cm³/mol. The monoisotopic (exact) mass is 702 g/mol. The first kappa shape index (κ1) is 33.3. The standard InChI is InChI=1S/C33H30ClF2N2O7PS/c1-3-43-46(40,44-17-22-7-5-4-6-8-22)45-32(18-33(35,36)19-32)20-42-27-14-13-25(15-28(27)41-2)38-21-37-26-16-29(47-30(26)31(38)39)23-9-11-24(34)12-10-23/h4-16,21H,3,17-20H2,1-2H3. The Kier molecular flexibility index (Phi) is 9.53. The number of aromatic nitrogens is 2. The number of phosphoric ester groups is 1. The van der Waals surface area contributed by atoms with Gasteiger partial charge in [-0.2, -0.15) is 0 Å². The van der Waals surface area contributed by atoms with Crippen molar-refractivity contribution < 1.29 is 36.4 Å². The third kappa shape index (κ3) is 7.43. The molecule has 6 rings (SSSR count). The molecule has 5 aromatic rings. The Labute approximate surface area is 278 Å². The quantitative estimate of drug-likeness (QED) is 0.112. The molecule has 1 aliphatic rings. The maximum atomic E-state index is 14.2. The molecule has 1 fully saturated rings. The minimum Gasteiger partial charge on any atom is -0.493 e. The zero-order chi connectivity index (χ0) is 33.2. The van der Waals surface area contributed by atoms with Crippen LogP contribution in [0.25, 0.3) is 26.3 Å². The molecule has 3 aromatic carbocycles. The van der Waals surface area contributed by atoms with Crippen molar-refractivity contribution in [3.8, 4) is 27.6 Å². The molecule has 0 spiro atoms. The number of phosphoric acid groups is 1. The maximum absolute atomic E-state index is 14.2. The molecule has 1 saturated carbocycles. The summed E-state index contributed by atoms with van der Waals surface area (Å²) in [4.78, 5) is 18.9. The molecule has 2 aromatic heterocycles. The van der Waals surface area contributed by atoms with Crippen LogP contribution in [0.15, 0.2) is 90.0 Å². The first-order valence-corrected chi connectivity index (χ1v) is 17.3. The fourth-order valence-corrected chi connectivity index (χ4v) is 7.92. The lowest BCUT2D eigenvalue weighted by atomic mass is 9.77. The number of fused-ring (bicyclic) bond motifs is 1. The average Bonchev–Trinajstić information content (AvgIpc) is 3.48. The van der Waals surface area contributed by atoms with Crippen molar-refractivity contribution in [2.24, 2.45) is 0 Å². The van der Waals surface area contributed by atoms with Crippen LogP contribution in [-0.4, -0.2) is 41.4 Å². The second-order valence-corrected chi connectivity index (χ2v) is 14.1. The Bertz CT molecular complexity index is 1980. The molecule has 9 nitrogen and oxygen atoms in total. The van der Waals surface area contributed by atoms with E-state index in [4.69, 9.17) is 34.6 Å². The van der Waals surface area contributed by atoms with Crippen molar-refractivity contribution in [2.45, 2.75) is 37.9 Å².